The average Bonchev–Trinajstić information content (AvgIpc) is 3.26. The molecule has 0 bridgehead atoms. The van der Waals surface area contributed by atoms with E-state index in [1.54, 1.807) is 17.3 Å². The quantitative estimate of drug-likeness (QED) is 0.924. The molecule has 6 nitrogen and oxygen atoms in total. The highest BCUT2D eigenvalue weighted by Crippen LogP contribution is 2.22. The molecule has 1 N–H and O–H groups in total. The van der Waals surface area contributed by atoms with Gasteiger partial charge in [0.25, 0.3) is 0 Å². The molecule has 2 aliphatic rings. The molecule has 2 saturated heterocycles. The molecule has 3 heterocycles. The van der Waals surface area contributed by atoms with Crippen LogP contribution in [-0.4, -0.2) is 52.9 Å². The van der Waals surface area contributed by atoms with Gasteiger partial charge in [-0.1, -0.05) is 6.07 Å². The first-order chi connectivity index (χ1) is 11.1. The summed E-state index contributed by atoms with van der Waals surface area (Å²) in [6.45, 7) is 4.87. The number of carbonyl (C=O) groups excluding carboxylic acids is 2. The highest BCUT2D eigenvalue weighted by atomic mass is 16.2. The fraction of sp³-hybridized carbons (Fsp3) is 0.588. The van der Waals surface area contributed by atoms with E-state index in [1.165, 1.54) is 0 Å². The Balaban J connectivity index is 1.52. The van der Waals surface area contributed by atoms with Gasteiger partial charge in [-0.05, 0) is 37.8 Å². The van der Waals surface area contributed by atoms with E-state index >= 15 is 0 Å². The summed E-state index contributed by atoms with van der Waals surface area (Å²) in [4.78, 5) is 32.6. The van der Waals surface area contributed by atoms with Crippen molar-refractivity contribution >= 4 is 11.9 Å². The smallest absolute Gasteiger partial charge is 0.317 e. The minimum atomic E-state index is -0.0990. The summed E-state index contributed by atoms with van der Waals surface area (Å²) in [5.74, 6) is 0.186. The van der Waals surface area contributed by atoms with Gasteiger partial charge in [0, 0.05) is 38.6 Å². The number of amides is 3. The van der Waals surface area contributed by atoms with Gasteiger partial charge in [0.2, 0.25) is 5.91 Å². The van der Waals surface area contributed by atoms with Crippen molar-refractivity contribution in [1.82, 2.24) is 20.1 Å². The first-order valence-corrected chi connectivity index (χ1v) is 8.39. The van der Waals surface area contributed by atoms with Crippen molar-refractivity contribution in [3.05, 3.63) is 30.1 Å². The molecule has 0 aromatic carbocycles. The van der Waals surface area contributed by atoms with E-state index in [-0.39, 0.29) is 23.9 Å². The lowest BCUT2D eigenvalue weighted by Gasteiger charge is -2.22. The largest absolute Gasteiger partial charge is 0.342 e. The maximum absolute atomic E-state index is 12.4. The zero-order valence-electron chi connectivity index (χ0n) is 13.6. The van der Waals surface area contributed by atoms with Crippen LogP contribution in [0.5, 0.6) is 0 Å². The summed E-state index contributed by atoms with van der Waals surface area (Å²) in [5, 5.41) is 2.99. The van der Waals surface area contributed by atoms with Crippen molar-refractivity contribution in [2.45, 2.75) is 32.2 Å². The van der Waals surface area contributed by atoms with Gasteiger partial charge in [-0.25, -0.2) is 4.79 Å². The molecule has 2 atom stereocenters. The Bertz CT molecular complexity index is 557. The van der Waals surface area contributed by atoms with Crippen molar-refractivity contribution in [3.63, 3.8) is 0 Å². The van der Waals surface area contributed by atoms with Gasteiger partial charge < -0.3 is 15.1 Å². The minimum Gasteiger partial charge on any atom is -0.342 e. The van der Waals surface area contributed by atoms with Crippen LogP contribution in [0.15, 0.2) is 24.5 Å². The summed E-state index contributed by atoms with van der Waals surface area (Å²) in [6.07, 6.45) is 6.45. The van der Waals surface area contributed by atoms with Crippen LogP contribution in [0.1, 0.15) is 37.8 Å². The normalized spacial score (nSPS) is 22.2. The van der Waals surface area contributed by atoms with Gasteiger partial charge in [-0.3, -0.25) is 9.78 Å². The number of likely N-dealkylation sites (tertiary alicyclic amines) is 2. The number of nitrogens with one attached hydrogen (secondary N) is 1. The number of nitrogens with zero attached hydrogens (tertiary/aromatic N) is 3. The third-order valence-corrected chi connectivity index (χ3v) is 4.77. The monoisotopic (exact) mass is 316 g/mol. The predicted molar refractivity (Wildman–Crippen MR) is 86.7 cm³/mol. The molecule has 2 fully saturated rings. The maximum Gasteiger partial charge on any atom is 0.317 e. The molecule has 1 aromatic heterocycles. The topological polar surface area (TPSA) is 65.5 Å². The SMILES string of the molecule is C[C@H](NC(=O)N1CCC(C(=O)N2CCCC2)C1)c1cccnc1. The summed E-state index contributed by atoms with van der Waals surface area (Å²) >= 11 is 0. The predicted octanol–water partition coefficient (Wildman–Crippen LogP) is 1.80. The zero-order chi connectivity index (χ0) is 16.2. The van der Waals surface area contributed by atoms with Crippen LogP contribution in [0.3, 0.4) is 0 Å². The first kappa shape index (κ1) is 15.8. The van der Waals surface area contributed by atoms with E-state index in [0.29, 0.717) is 13.1 Å². The number of hydrogen-bond donors (Lipinski definition) is 1. The number of hydrogen-bond acceptors (Lipinski definition) is 3. The van der Waals surface area contributed by atoms with E-state index < -0.39 is 0 Å². The highest BCUT2D eigenvalue weighted by molar-refractivity contribution is 5.82. The summed E-state index contributed by atoms with van der Waals surface area (Å²) in [7, 11) is 0. The van der Waals surface area contributed by atoms with E-state index in [1.807, 2.05) is 24.0 Å². The first-order valence-electron chi connectivity index (χ1n) is 8.39. The molecular weight excluding hydrogens is 292 g/mol. The van der Waals surface area contributed by atoms with Gasteiger partial charge >= 0.3 is 6.03 Å². The summed E-state index contributed by atoms with van der Waals surface area (Å²) in [5.41, 5.74) is 0.977. The third kappa shape index (κ3) is 3.63. The molecular formula is C17H24N4O2. The maximum atomic E-state index is 12.4. The lowest BCUT2D eigenvalue weighted by molar-refractivity contribution is -0.133. The Kier molecular flexibility index (Phi) is 4.79. The van der Waals surface area contributed by atoms with Crippen molar-refractivity contribution in [3.8, 4) is 0 Å². The number of urea groups is 1. The third-order valence-electron chi connectivity index (χ3n) is 4.77. The van der Waals surface area contributed by atoms with Crippen LogP contribution < -0.4 is 5.32 Å². The standard InChI is InChI=1S/C17H24N4O2/c1-13(14-5-4-7-18-11-14)19-17(23)21-10-6-15(12-21)16(22)20-8-2-3-9-20/h4-5,7,11,13,15H,2-3,6,8-10,12H2,1H3,(H,19,23)/t13-,15?/m0/s1. The molecule has 0 aliphatic carbocycles. The van der Waals surface area contributed by atoms with Crippen LogP contribution >= 0.6 is 0 Å². The molecule has 1 aromatic rings. The van der Waals surface area contributed by atoms with Gasteiger partial charge in [0.1, 0.15) is 0 Å². The van der Waals surface area contributed by atoms with Gasteiger partial charge in [-0.2, -0.15) is 0 Å². The Morgan fingerprint density at radius 1 is 1.26 bits per heavy atom. The van der Waals surface area contributed by atoms with E-state index in [2.05, 4.69) is 10.3 Å². The molecule has 3 amide bonds. The second-order valence-electron chi connectivity index (χ2n) is 6.42. The van der Waals surface area contributed by atoms with E-state index in [4.69, 9.17) is 0 Å². The zero-order valence-corrected chi connectivity index (χ0v) is 13.6. The summed E-state index contributed by atoms with van der Waals surface area (Å²) < 4.78 is 0. The van der Waals surface area contributed by atoms with Crippen molar-refractivity contribution < 1.29 is 9.59 Å². The van der Waals surface area contributed by atoms with Gasteiger partial charge in [0.15, 0.2) is 0 Å². The second-order valence-corrected chi connectivity index (χ2v) is 6.42. The summed E-state index contributed by atoms with van der Waals surface area (Å²) in [6, 6.07) is 3.61. The van der Waals surface area contributed by atoms with Gasteiger partial charge in [0.05, 0.1) is 12.0 Å². The Labute approximate surface area is 136 Å². The molecule has 1 unspecified atom stereocenters. The average molecular weight is 316 g/mol. The van der Waals surface area contributed by atoms with Crippen LogP contribution in [0.25, 0.3) is 0 Å². The second kappa shape index (κ2) is 6.98. The Hall–Kier alpha value is -2.11. The van der Waals surface area contributed by atoms with E-state index in [9.17, 15) is 9.59 Å². The van der Waals surface area contributed by atoms with Crippen molar-refractivity contribution in [2.24, 2.45) is 5.92 Å². The molecule has 0 spiro atoms. The van der Waals surface area contributed by atoms with Gasteiger partial charge in [-0.15, -0.1) is 0 Å². The van der Waals surface area contributed by atoms with Crippen molar-refractivity contribution in [1.29, 1.82) is 0 Å². The van der Waals surface area contributed by atoms with Crippen LogP contribution in [-0.2, 0) is 4.79 Å². The van der Waals surface area contributed by atoms with Crippen LogP contribution in [0, 0.1) is 5.92 Å². The van der Waals surface area contributed by atoms with Crippen LogP contribution in [0.2, 0.25) is 0 Å². The lowest BCUT2D eigenvalue weighted by Crippen LogP contribution is -2.41. The lowest BCUT2D eigenvalue weighted by atomic mass is 10.1. The molecule has 124 valence electrons. The molecule has 6 heteroatoms. The molecule has 3 rings (SSSR count). The van der Waals surface area contributed by atoms with E-state index in [0.717, 1.165) is 37.9 Å². The van der Waals surface area contributed by atoms with Crippen molar-refractivity contribution in [2.75, 3.05) is 26.2 Å². The fourth-order valence-corrected chi connectivity index (χ4v) is 3.33. The number of rotatable bonds is 3. The fourth-order valence-electron chi connectivity index (χ4n) is 3.33. The van der Waals surface area contributed by atoms with Crippen LogP contribution in [0.4, 0.5) is 4.79 Å². The molecule has 23 heavy (non-hydrogen) atoms. The molecule has 0 saturated carbocycles. The number of aromatic nitrogens is 1. The minimum absolute atomic E-state index is 0.0347. The molecule has 2 aliphatic heterocycles. The number of pyridine rings is 1. The highest BCUT2D eigenvalue weighted by Gasteiger charge is 2.34. The Morgan fingerprint density at radius 3 is 2.74 bits per heavy atom. The Morgan fingerprint density at radius 2 is 2.04 bits per heavy atom. The number of carbonyl (C=O) groups is 2. The molecule has 0 radical (unpaired) electrons.